The minimum Gasteiger partial charge on any atom is -0.357 e. The SMILES string of the molecule is CC1(C)CC(=O)C2=C(C1)Nc1ccccc1N(CC(=O)NCc1ccccc1)[C@@H]2c1ccccc1. The molecule has 1 aliphatic heterocycles. The van der Waals surface area contributed by atoms with E-state index in [0.29, 0.717) is 13.0 Å². The number of anilines is 2. The highest BCUT2D eigenvalue weighted by Gasteiger charge is 2.41. The Kier molecular flexibility index (Phi) is 6.16. The van der Waals surface area contributed by atoms with E-state index < -0.39 is 0 Å². The number of carbonyl (C=O) groups excluding carboxylic acids is 2. The molecule has 0 saturated heterocycles. The van der Waals surface area contributed by atoms with E-state index in [1.54, 1.807) is 0 Å². The van der Waals surface area contributed by atoms with E-state index in [1.807, 2.05) is 84.9 Å². The van der Waals surface area contributed by atoms with Crippen LogP contribution in [0.25, 0.3) is 0 Å². The van der Waals surface area contributed by atoms with Gasteiger partial charge in [0.25, 0.3) is 0 Å². The lowest BCUT2D eigenvalue weighted by molar-refractivity contribution is -0.120. The summed E-state index contributed by atoms with van der Waals surface area (Å²) in [6, 6.07) is 27.6. The Morgan fingerprint density at radius 2 is 1.60 bits per heavy atom. The van der Waals surface area contributed by atoms with Gasteiger partial charge in [0.1, 0.15) is 0 Å². The van der Waals surface area contributed by atoms with Gasteiger partial charge < -0.3 is 15.5 Å². The minimum atomic E-state index is -0.353. The van der Waals surface area contributed by atoms with Gasteiger partial charge in [0, 0.05) is 24.2 Å². The quantitative estimate of drug-likeness (QED) is 0.513. The zero-order valence-corrected chi connectivity index (χ0v) is 20.3. The number of benzene rings is 3. The maximum Gasteiger partial charge on any atom is 0.239 e. The highest BCUT2D eigenvalue weighted by atomic mass is 16.2. The van der Waals surface area contributed by atoms with Crippen LogP contribution in [0.4, 0.5) is 11.4 Å². The first kappa shape index (κ1) is 22.9. The average Bonchev–Trinajstić information content (AvgIpc) is 2.98. The van der Waals surface area contributed by atoms with Crippen molar-refractivity contribution in [2.24, 2.45) is 5.41 Å². The molecule has 178 valence electrons. The fraction of sp³-hybridized carbons (Fsp3) is 0.267. The molecule has 0 fully saturated rings. The Hall–Kier alpha value is -3.86. The zero-order chi connectivity index (χ0) is 24.4. The molecule has 0 radical (unpaired) electrons. The predicted molar refractivity (Wildman–Crippen MR) is 140 cm³/mol. The van der Waals surface area contributed by atoms with Crippen LogP contribution < -0.4 is 15.5 Å². The number of hydrogen-bond donors (Lipinski definition) is 2. The highest BCUT2D eigenvalue weighted by molar-refractivity contribution is 6.01. The molecule has 1 atom stereocenters. The van der Waals surface area contributed by atoms with Crippen molar-refractivity contribution in [1.29, 1.82) is 0 Å². The molecule has 1 heterocycles. The third-order valence-corrected chi connectivity index (χ3v) is 6.77. The number of allylic oxidation sites excluding steroid dienone is 1. The normalized spacial score (nSPS) is 18.7. The number of carbonyl (C=O) groups is 2. The number of para-hydroxylation sites is 2. The maximum atomic E-state index is 13.6. The van der Waals surface area contributed by atoms with Gasteiger partial charge in [0.15, 0.2) is 5.78 Å². The molecule has 1 amide bonds. The second-order valence-corrected chi connectivity index (χ2v) is 10.2. The maximum absolute atomic E-state index is 13.6. The van der Waals surface area contributed by atoms with Crippen LogP contribution in [-0.2, 0) is 16.1 Å². The third kappa shape index (κ3) is 4.85. The Balaban J connectivity index is 1.57. The molecule has 5 rings (SSSR count). The van der Waals surface area contributed by atoms with Crippen molar-refractivity contribution in [1.82, 2.24) is 5.32 Å². The fourth-order valence-corrected chi connectivity index (χ4v) is 5.22. The van der Waals surface area contributed by atoms with Gasteiger partial charge in [0.2, 0.25) is 5.91 Å². The Labute approximate surface area is 206 Å². The van der Waals surface area contributed by atoms with E-state index in [4.69, 9.17) is 0 Å². The van der Waals surface area contributed by atoms with Crippen LogP contribution in [0, 0.1) is 5.41 Å². The van der Waals surface area contributed by atoms with Gasteiger partial charge in [0.05, 0.1) is 24.0 Å². The van der Waals surface area contributed by atoms with E-state index in [0.717, 1.165) is 40.2 Å². The molecule has 2 N–H and O–H groups in total. The van der Waals surface area contributed by atoms with Gasteiger partial charge in [-0.1, -0.05) is 86.6 Å². The molecule has 3 aromatic rings. The molecule has 1 aliphatic carbocycles. The number of nitrogens with zero attached hydrogens (tertiary/aromatic N) is 1. The number of nitrogens with one attached hydrogen (secondary N) is 2. The smallest absolute Gasteiger partial charge is 0.239 e. The molecule has 5 nitrogen and oxygen atoms in total. The summed E-state index contributed by atoms with van der Waals surface area (Å²) in [7, 11) is 0. The summed E-state index contributed by atoms with van der Waals surface area (Å²) in [5, 5.41) is 6.66. The Morgan fingerprint density at radius 1 is 0.943 bits per heavy atom. The summed E-state index contributed by atoms with van der Waals surface area (Å²) in [6.07, 6.45) is 1.26. The number of fused-ring (bicyclic) bond motifs is 1. The molecule has 0 bridgehead atoms. The fourth-order valence-electron chi connectivity index (χ4n) is 5.22. The number of ketones is 1. The molecule has 0 saturated carbocycles. The summed E-state index contributed by atoms with van der Waals surface area (Å²) in [5.74, 6) is 0.0531. The number of amides is 1. The monoisotopic (exact) mass is 465 g/mol. The van der Waals surface area contributed by atoms with E-state index >= 15 is 0 Å². The lowest BCUT2D eigenvalue weighted by Gasteiger charge is -2.37. The highest BCUT2D eigenvalue weighted by Crippen LogP contribution is 2.48. The molecule has 3 aromatic carbocycles. The van der Waals surface area contributed by atoms with Crippen LogP contribution in [0.5, 0.6) is 0 Å². The van der Waals surface area contributed by atoms with Crippen molar-refractivity contribution in [3.8, 4) is 0 Å². The third-order valence-electron chi connectivity index (χ3n) is 6.77. The van der Waals surface area contributed by atoms with E-state index in [2.05, 4.69) is 29.4 Å². The average molecular weight is 466 g/mol. The molecular weight excluding hydrogens is 434 g/mol. The molecule has 0 aromatic heterocycles. The minimum absolute atomic E-state index is 0.0859. The van der Waals surface area contributed by atoms with E-state index in [9.17, 15) is 9.59 Å². The van der Waals surface area contributed by atoms with Crippen LogP contribution in [-0.4, -0.2) is 18.2 Å². The Bertz CT molecular complexity index is 1270. The van der Waals surface area contributed by atoms with Gasteiger partial charge in [-0.15, -0.1) is 0 Å². The number of Topliss-reactive ketones (excluding diaryl/α,β-unsaturated/α-hetero) is 1. The second kappa shape index (κ2) is 9.41. The van der Waals surface area contributed by atoms with Gasteiger partial charge >= 0.3 is 0 Å². The van der Waals surface area contributed by atoms with Crippen molar-refractivity contribution in [2.75, 3.05) is 16.8 Å². The predicted octanol–water partition coefficient (Wildman–Crippen LogP) is 5.62. The van der Waals surface area contributed by atoms with E-state index in [1.165, 1.54) is 0 Å². The van der Waals surface area contributed by atoms with Crippen LogP contribution in [0.3, 0.4) is 0 Å². The number of rotatable bonds is 5. The van der Waals surface area contributed by atoms with Crippen molar-refractivity contribution < 1.29 is 9.59 Å². The summed E-state index contributed by atoms with van der Waals surface area (Å²) < 4.78 is 0. The van der Waals surface area contributed by atoms with Crippen molar-refractivity contribution in [3.63, 3.8) is 0 Å². The van der Waals surface area contributed by atoms with Crippen LogP contribution in [0.15, 0.2) is 96.2 Å². The first-order valence-corrected chi connectivity index (χ1v) is 12.2. The molecular formula is C30H31N3O2. The lowest BCUT2D eigenvalue weighted by Crippen LogP contribution is -2.41. The molecule has 2 aliphatic rings. The summed E-state index contributed by atoms with van der Waals surface area (Å²) >= 11 is 0. The first-order chi connectivity index (χ1) is 16.9. The van der Waals surface area contributed by atoms with Crippen molar-refractivity contribution >= 4 is 23.1 Å². The van der Waals surface area contributed by atoms with Crippen LogP contribution >= 0.6 is 0 Å². The topological polar surface area (TPSA) is 61.4 Å². The zero-order valence-electron chi connectivity index (χ0n) is 20.3. The van der Waals surface area contributed by atoms with Gasteiger partial charge in [-0.05, 0) is 35.1 Å². The molecule has 0 unspecified atom stereocenters. The van der Waals surface area contributed by atoms with E-state index in [-0.39, 0.29) is 29.7 Å². The van der Waals surface area contributed by atoms with Gasteiger partial charge in [-0.3, -0.25) is 9.59 Å². The summed E-state index contributed by atoms with van der Waals surface area (Å²) in [4.78, 5) is 29.0. The lowest BCUT2D eigenvalue weighted by atomic mass is 9.73. The molecule has 0 spiro atoms. The summed E-state index contributed by atoms with van der Waals surface area (Å²) in [5.41, 5.74) is 5.48. The largest absolute Gasteiger partial charge is 0.357 e. The van der Waals surface area contributed by atoms with Crippen LogP contribution in [0.2, 0.25) is 0 Å². The van der Waals surface area contributed by atoms with Crippen LogP contribution in [0.1, 0.15) is 43.9 Å². The second-order valence-electron chi connectivity index (χ2n) is 10.2. The standard InChI is InChI=1S/C30H31N3O2/c1-30(2)17-24-28(26(34)18-30)29(22-13-7-4-8-14-22)33(25-16-10-9-15-23(25)32-24)20-27(35)31-19-21-11-5-3-6-12-21/h3-16,29,32H,17-20H2,1-2H3,(H,31,35)/t29-/m1/s1. The van der Waals surface area contributed by atoms with Crippen molar-refractivity contribution in [3.05, 3.63) is 107 Å². The number of hydrogen-bond acceptors (Lipinski definition) is 4. The summed E-state index contributed by atoms with van der Waals surface area (Å²) in [6.45, 7) is 4.88. The molecule has 5 heteroatoms. The van der Waals surface area contributed by atoms with Crippen molar-refractivity contribution in [2.45, 2.75) is 39.3 Å². The van der Waals surface area contributed by atoms with Gasteiger partial charge in [-0.2, -0.15) is 0 Å². The first-order valence-electron chi connectivity index (χ1n) is 12.2. The Morgan fingerprint density at radius 3 is 2.34 bits per heavy atom. The van der Waals surface area contributed by atoms with Gasteiger partial charge in [-0.25, -0.2) is 0 Å². The molecule has 35 heavy (non-hydrogen) atoms.